The van der Waals surface area contributed by atoms with Gasteiger partial charge >= 0.3 is 0 Å². The number of rotatable bonds is 2. The van der Waals surface area contributed by atoms with E-state index in [9.17, 15) is 4.79 Å². The fraction of sp³-hybridized carbons (Fsp3) is 0.438. The molecule has 0 saturated carbocycles. The molecule has 126 valence electrons. The number of nitrogens with one attached hydrogen (secondary N) is 1. The second kappa shape index (κ2) is 5.51. The molecule has 2 aliphatic rings. The zero-order valence-electron chi connectivity index (χ0n) is 14.0. The highest BCUT2D eigenvalue weighted by Crippen LogP contribution is 2.43. The van der Waals surface area contributed by atoms with Crippen molar-refractivity contribution in [3.05, 3.63) is 27.8 Å². The third-order valence-corrected chi connectivity index (χ3v) is 5.74. The molecule has 7 nitrogen and oxygen atoms in total. The van der Waals surface area contributed by atoms with Gasteiger partial charge in [-0.1, -0.05) is 0 Å². The Morgan fingerprint density at radius 1 is 1.46 bits per heavy atom. The summed E-state index contributed by atoms with van der Waals surface area (Å²) < 4.78 is 2.10. The highest BCUT2D eigenvalue weighted by molar-refractivity contribution is 7.22. The Balaban J connectivity index is 1.94. The first-order valence-electron chi connectivity index (χ1n) is 7.85. The molecule has 0 saturated heterocycles. The van der Waals surface area contributed by atoms with Crippen LogP contribution in [0.2, 0.25) is 0 Å². The molecule has 0 fully saturated rings. The molecule has 2 aromatic rings. The van der Waals surface area contributed by atoms with Crippen LogP contribution in [0, 0.1) is 0 Å². The molecule has 2 aliphatic heterocycles. The summed E-state index contributed by atoms with van der Waals surface area (Å²) in [6, 6.07) is 0.265. The number of aromatic nitrogens is 2. The maximum absolute atomic E-state index is 13.0. The smallest absolute Gasteiger partial charge is 0.278 e. The predicted molar refractivity (Wildman–Crippen MR) is 95.6 cm³/mol. The molecule has 4 rings (SSSR count). The topological polar surface area (TPSA) is 71.8 Å². The van der Waals surface area contributed by atoms with Gasteiger partial charge in [-0.3, -0.25) is 4.79 Å². The molecule has 0 spiro atoms. The van der Waals surface area contributed by atoms with Crippen molar-refractivity contribution in [3.8, 4) is 0 Å². The van der Waals surface area contributed by atoms with Crippen LogP contribution in [0.5, 0.6) is 0 Å². The fourth-order valence-corrected chi connectivity index (χ4v) is 4.18. The van der Waals surface area contributed by atoms with E-state index in [1.807, 2.05) is 34.2 Å². The van der Waals surface area contributed by atoms with Crippen molar-refractivity contribution in [2.45, 2.75) is 32.4 Å². The van der Waals surface area contributed by atoms with E-state index in [0.29, 0.717) is 10.6 Å². The van der Waals surface area contributed by atoms with Crippen molar-refractivity contribution in [2.24, 2.45) is 4.99 Å². The van der Waals surface area contributed by atoms with Crippen molar-refractivity contribution >= 4 is 38.7 Å². The lowest BCUT2D eigenvalue weighted by molar-refractivity contribution is 0.154. The first-order valence-corrected chi connectivity index (χ1v) is 8.67. The summed E-state index contributed by atoms with van der Waals surface area (Å²) in [7, 11) is 4.07. The lowest BCUT2D eigenvalue weighted by Gasteiger charge is -2.25. The van der Waals surface area contributed by atoms with Gasteiger partial charge in [-0.25, -0.2) is 14.5 Å². The molecular weight excluding hydrogens is 326 g/mol. The fourth-order valence-electron chi connectivity index (χ4n) is 3.07. The number of aliphatic imine (C=N–C) groups is 1. The van der Waals surface area contributed by atoms with Crippen molar-refractivity contribution in [1.82, 2.24) is 19.9 Å². The molecule has 0 amide bonds. The monoisotopic (exact) mass is 345 g/mol. The number of thiophene rings is 1. The van der Waals surface area contributed by atoms with Gasteiger partial charge in [0.25, 0.3) is 5.56 Å². The number of hydroxylamine groups is 1. The average molecular weight is 345 g/mol. The molecule has 0 radical (unpaired) electrons. The predicted octanol–water partition coefficient (Wildman–Crippen LogP) is 2.28. The van der Waals surface area contributed by atoms with Crippen LogP contribution in [-0.4, -0.2) is 40.8 Å². The van der Waals surface area contributed by atoms with E-state index in [-0.39, 0.29) is 17.6 Å². The van der Waals surface area contributed by atoms with E-state index < -0.39 is 0 Å². The van der Waals surface area contributed by atoms with Crippen LogP contribution >= 0.6 is 11.3 Å². The second-order valence-electron chi connectivity index (χ2n) is 6.37. The molecule has 2 unspecified atom stereocenters. The van der Waals surface area contributed by atoms with Crippen molar-refractivity contribution in [1.29, 1.82) is 0 Å². The van der Waals surface area contributed by atoms with Gasteiger partial charge in [-0.05, 0) is 27.9 Å². The summed E-state index contributed by atoms with van der Waals surface area (Å²) in [5.74, 6) is 0.515. The Labute approximate surface area is 143 Å². The lowest BCUT2D eigenvalue weighted by Crippen LogP contribution is -2.23. The molecule has 2 atom stereocenters. The summed E-state index contributed by atoms with van der Waals surface area (Å²) in [5.41, 5.74) is 5.54. The molecule has 0 bridgehead atoms. The largest absolute Gasteiger partial charge is 0.389 e. The maximum atomic E-state index is 13.0. The van der Waals surface area contributed by atoms with Crippen molar-refractivity contribution < 1.29 is 4.84 Å². The van der Waals surface area contributed by atoms with Gasteiger partial charge in [-0.2, -0.15) is 0 Å². The van der Waals surface area contributed by atoms with Crippen LogP contribution < -0.4 is 11.0 Å². The minimum Gasteiger partial charge on any atom is -0.389 e. The molecule has 1 N–H and O–H groups in total. The van der Waals surface area contributed by atoms with Crippen LogP contribution in [0.1, 0.15) is 31.9 Å². The van der Waals surface area contributed by atoms with E-state index in [2.05, 4.69) is 20.4 Å². The maximum Gasteiger partial charge on any atom is 0.278 e. The standard InChI is InChI=1S/C16H19N5O2S/c1-8-9(2)19-23-16(8)21-7-18-12-11-10(20(3)4)5-6-17-14(11)24-13(12)15(21)22/h6-7,9-10,19H,5H2,1-4H3. The van der Waals surface area contributed by atoms with Gasteiger partial charge in [0.15, 0.2) is 0 Å². The second-order valence-corrected chi connectivity index (χ2v) is 7.37. The van der Waals surface area contributed by atoms with Gasteiger partial charge < -0.3 is 9.74 Å². The van der Waals surface area contributed by atoms with E-state index in [0.717, 1.165) is 28.1 Å². The summed E-state index contributed by atoms with van der Waals surface area (Å²) in [5, 5.41) is 0.877. The molecule has 4 heterocycles. The Bertz CT molecular complexity index is 940. The van der Waals surface area contributed by atoms with Crippen LogP contribution in [0.25, 0.3) is 16.1 Å². The molecule has 0 aliphatic carbocycles. The van der Waals surface area contributed by atoms with E-state index in [1.54, 1.807) is 6.33 Å². The Morgan fingerprint density at radius 3 is 2.92 bits per heavy atom. The Hall–Kier alpha value is -2.03. The zero-order valence-corrected chi connectivity index (χ0v) is 14.8. The minimum atomic E-state index is -0.114. The van der Waals surface area contributed by atoms with Crippen molar-refractivity contribution in [2.75, 3.05) is 14.1 Å². The van der Waals surface area contributed by atoms with Crippen LogP contribution in [-0.2, 0) is 4.84 Å². The van der Waals surface area contributed by atoms with Crippen LogP contribution in [0.15, 0.2) is 21.7 Å². The summed E-state index contributed by atoms with van der Waals surface area (Å²) in [4.78, 5) is 29.7. The molecule has 0 aromatic carbocycles. The third-order valence-electron chi connectivity index (χ3n) is 4.65. The number of nitrogens with zero attached hydrogens (tertiary/aromatic N) is 4. The van der Waals surface area contributed by atoms with Crippen LogP contribution in [0.3, 0.4) is 0 Å². The highest BCUT2D eigenvalue weighted by atomic mass is 32.1. The Morgan fingerprint density at radius 2 is 2.25 bits per heavy atom. The molecule has 8 heteroatoms. The quantitative estimate of drug-likeness (QED) is 0.904. The summed E-state index contributed by atoms with van der Waals surface area (Å²) in [6.45, 7) is 3.93. The van der Waals surface area contributed by atoms with Crippen LogP contribution in [0.4, 0.5) is 5.00 Å². The first-order chi connectivity index (χ1) is 11.5. The van der Waals surface area contributed by atoms with E-state index >= 15 is 0 Å². The SMILES string of the molecule is CC1=C(n2cnc3c4c(sc3c2=O)N=CCC4N(C)C)ONC1C. The summed E-state index contributed by atoms with van der Waals surface area (Å²) >= 11 is 1.40. The number of hydrogen-bond acceptors (Lipinski definition) is 7. The molecule has 24 heavy (non-hydrogen) atoms. The number of fused-ring (bicyclic) bond motifs is 3. The number of hydrogen-bond donors (Lipinski definition) is 1. The minimum absolute atomic E-state index is 0.0712. The zero-order chi connectivity index (χ0) is 17.0. The molecule has 2 aromatic heterocycles. The highest BCUT2D eigenvalue weighted by Gasteiger charge is 2.29. The first kappa shape index (κ1) is 15.5. The third kappa shape index (κ3) is 2.14. The summed E-state index contributed by atoms with van der Waals surface area (Å²) in [6.07, 6.45) is 4.30. The van der Waals surface area contributed by atoms with Gasteiger partial charge in [0, 0.05) is 29.8 Å². The lowest BCUT2D eigenvalue weighted by atomic mass is 10.0. The van der Waals surface area contributed by atoms with E-state index in [4.69, 9.17) is 4.84 Å². The normalized spacial score (nSPS) is 23.2. The van der Waals surface area contributed by atoms with Gasteiger partial charge in [0.2, 0.25) is 5.88 Å². The van der Waals surface area contributed by atoms with Crippen molar-refractivity contribution in [3.63, 3.8) is 0 Å². The molecular formula is C16H19N5O2S. The van der Waals surface area contributed by atoms with Gasteiger partial charge in [0.05, 0.1) is 11.6 Å². The Kier molecular flexibility index (Phi) is 3.56. The van der Waals surface area contributed by atoms with Gasteiger partial charge in [0.1, 0.15) is 16.0 Å². The average Bonchev–Trinajstić information content (AvgIpc) is 3.10. The van der Waals surface area contributed by atoms with Gasteiger partial charge in [-0.15, -0.1) is 16.8 Å². The van der Waals surface area contributed by atoms with E-state index in [1.165, 1.54) is 15.9 Å².